The molecule has 132 valence electrons. The van der Waals surface area contributed by atoms with Gasteiger partial charge in [-0.2, -0.15) is 5.10 Å². The smallest absolute Gasteiger partial charge is 0.343 e. The summed E-state index contributed by atoms with van der Waals surface area (Å²) in [5.74, 6) is 0.556. The SMILES string of the molecule is Cn1cc([C@@H]2CN(c3nccc4c3C(=O)OC4(C)C)C[C@H]2CO)cn1. The zero-order valence-corrected chi connectivity index (χ0v) is 14.6. The Morgan fingerprint density at radius 3 is 2.88 bits per heavy atom. The largest absolute Gasteiger partial charge is 0.451 e. The summed E-state index contributed by atoms with van der Waals surface area (Å²) in [5.41, 5.74) is 1.88. The second-order valence-electron chi connectivity index (χ2n) is 7.36. The first kappa shape index (κ1) is 16.1. The number of pyridine rings is 1. The van der Waals surface area contributed by atoms with Crippen molar-refractivity contribution < 1.29 is 14.6 Å². The number of hydrogen-bond donors (Lipinski definition) is 1. The molecular weight excluding hydrogens is 320 g/mol. The van der Waals surface area contributed by atoms with Crippen LogP contribution in [0.4, 0.5) is 5.82 Å². The number of cyclic esters (lactones) is 1. The van der Waals surface area contributed by atoms with Crippen molar-refractivity contribution in [2.45, 2.75) is 25.4 Å². The number of hydrogen-bond acceptors (Lipinski definition) is 6. The van der Waals surface area contributed by atoms with E-state index in [0.29, 0.717) is 24.5 Å². The van der Waals surface area contributed by atoms with Crippen LogP contribution in [0.1, 0.15) is 41.3 Å². The molecule has 0 amide bonds. The minimum absolute atomic E-state index is 0.0762. The molecule has 7 heteroatoms. The second-order valence-corrected chi connectivity index (χ2v) is 7.36. The van der Waals surface area contributed by atoms with Crippen molar-refractivity contribution in [3.63, 3.8) is 0 Å². The van der Waals surface area contributed by atoms with Crippen LogP contribution in [0, 0.1) is 5.92 Å². The van der Waals surface area contributed by atoms with E-state index in [1.165, 1.54) is 0 Å². The number of aliphatic hydroxyl groups is 1. The number of aliphatic hydroxyl groups excluding tert-OH is 1. The molecule has 0 radical (unpaired) electrons. The maximum atomic E-state index is 12.4. The van der Waals surface area contributed by atoms with Crippen LogP contribution in [0.25, 0.3) is 0 Å². The van der Waals surface area contributed by atoms with E-state index in [4.69, 9.17) is 4.74 Å². The molecule has 2 aromatic heterocycles. The number of rotatable bonds is 3. The number of carbonyl (C=O) groups is 1. The number of carbonyl (C=O) groups excluding carboxylic acids is 1. The van der Waals surface area contributed by atoms with E-state index < -0.39 is 5.60 Å². The maximum absolute atomic E-state index is 12.4. The lowest BCUT2D eigenvalue weighted by molar-refractivity contribution is 0.00957. The van der Waals surface area contributed by atoms with Gasteiger partial charge in [0.05, 0.1) is 6.20 Å². The summed E-state index contributed by atoms with van der Waals surface area (Å²) in [7, 11) is 1.88. The van der Waals surface area contributed by atoms with Gasteiger partial charge in [0.15, 0.2) is 0 Å². The highest BCUT2D eigenvalue weighted by Crippen LogP contribution is 2.42. The van der Waals surface area contributed by atoms with Crippen molar-refractivity contribution >= 4 is 11.8 Å². The molecule has 4 rings (SSSR count). The van der Waals surface area contributed by atoms with Crippen molar-refractivity contribution in [3.8, 4) is 0 Å². The normalized spacial score (nSPS) is 24.5. The van der Waals surface area contributed by atoms with Crippen molar-refractivity contribution in [2.75, 3.05) is 24.6 Å². The summed E-state index contributed by atoms with van der Waals surface area (Å²) < 4.78 is 7.29. The Labute approximate surface area is 146 Å². The third kappa shape index (κ3) is 2.50. The van der Waals surface area contributed by atoms with Crippen molar-refractivity contribution in [1.29, 1.82) is 0 Å². The fraction of sp³-hybridized carbons (Fsp3) is 0.500. The first-order valence-electron chi connectivity index (χ1n) is 8.48. The van der Waals surface area contributed by atoms with Crippen LogP contribution in [0.15, 0.2) is 24.7 Å². The van der Waals surface area contributed by atoms with Gasteiger partial charge in [0.25, 0.3) is 0 Å². The quantitative estimate of drug-likeness (QED) is 0.850. The van der Waals surface area contributed by atoms with E-state index in [9.17, 15) is 9.90 Å². The van der Waals surface area contributed by atoms with Gasteiger partial charge in [-0.15, -0.1) is 0 Å². The number of nitrogens with zero attached hydrogens (tertiary/aromatic N) is 4. The predicted octanol–water partition coefficient (Wildman–Crippen LogP) is 1.43. The van der Waals surface area contributed by atoms with Crippen molar-refractivity contribution in [3.05, 3.63) is 41.3 Å². The molecule has 0 unspecified atom stereocenters. The first-order chi connectivity index (χ1) is 11.9. The highest BCUT2D eigenvalue weighted by molar-refractivity contribution is 5.99. The highest BCUT2D eigenvalue weighted by atomic mass is 16.6. The van der Waals surface area contributed by atoms with E-state index in [2.05, 4.69) is 15.0 Å². The molecular formula is C18H22N4O3. The molecule has 1 N–H and O–H groups in total. The zero-order valence-electron chi connectivity index (χ0n) is 14.6. The lowest BCUT2D eigenvalue weighted by Gasteiger charge is -2.20. The van der Waals surface area contributed by atoms with Gasteiger partial charge >= 0.3 is 5.97 Å². The summed E-state index contributed by atoms with van der Waals surface area (Å²) in [6, 6.07) is 1.85. The highest BCUT2D eigenvalue weighted by Gasteiger charge is 2.43. The number of aromatic nitrogens is 3. The van der Waals surface area contributed by atoms with E-state index in [0.717, 1.165) is 11.1 Å². The third-order valence-electron chi connectivity index (χ3n) is 5.26. The summed E-state index contributed by atoms with van der Waals surface area (Å²) in [6.45, 7) is 5.20. The van der Waals surface area contributed by atoms with Crippen molar-refractivity contribution in [2.24, 2.45) is 13.0 Å². The Kier molecular flexibility index (Phi) is 3.57. The lowest BCUT2D eigenvalue weighted by Crippen LogP contribution is -2.24. The first-order valence-corrected chi connectivity index (χ1v) is 8.48. The summed E-state index contributed by atoms with van der Waals surface area (Å²) in [4.78, 5) is 19.0. The molecule has 0 aliphatic carbocycles. The fourth-order valence-electron chi connectivity index (χ4n) is 3.97. The average Bonchev–Trinajstić information content (AvgIpc) is 3.24. The standard InChI is InChI=1S/C18H22N4O3/c1-18(2)14-4-5-19-16(15(14)17(24)25-18)22-8-12(10-23)13(9-22)11-6-20-21(3)7-11/h4-7,12-13,23H,8-10H2,1-3H3/t12-,13-/m0/s1. The molecule has 0 spiro atoms. The molecule has 4 heterocycles. The van der Waals surface area contributed by atoms with E-state index in [1.807, 2.05) is 39.4 Å². The minimum Gasteiger partial charge on any atom is -0.451 e. The molecule has 2 aliphatic rings. The van der Waals surface area contributed by atoms with Gasteiger partial charge in [-0.05, 0) is 25.5 Å². The molecule has 1 saturated heterocycles. The fourth-order valence-corrected chi connectivity index (χ4v) is 3.97. The number of aryl methyl sites for hydroxylation is 1. The summed E-state index contributed by atoms with van der Waals surface area (Å²) in [5, 5.41) is 14.1. The second kappa shape index (κ2) is 5.56. The minimum atomic E-state index is -0.636. The van der Waals surface area contributed by atoms with Gasteiger partial charge in [0, 0.05) is 56.5 Å². The van der Waals surface area contributed by atoms with Crippen LogP contribution in [-0.4, -0.2) is 45.5 Å². The Hall–Kier alpha value is -2.41. The molecule has 7 nitrogen and oxygen atoms in total. The Bertz CT molecular complexity index is 829. The van der Waals surface area contributed by atoms with E-state index >= 15 is 0 Å². The average molecular weight is 342 g/mol. The lowest BCUT2D eigenvalue weighted by atomic mass is 9.92. The number of anilines is 1. The van der Waals surface area contributed by atoms with Crippen LogP contribution < -0.4 is 4.90 Å². The number of ether oxygens (including phenoxy) is 1. The van der Waals surface area contributed by atoms with Crippen molar-refractivity contribution in [1.82, 2.24) is 14.8 Å². The van der Waals surface area contributed by atoms with Gasteiger partial charge in [-0.1, -0.05) is 0 Å². The van der Waals surface area contributed by atoms with Gasteiger partial charge in [0.2, 0.25) is 0 Å². The number of fused-ring (bicyclic) bond motifs is 1. The molecule has 2 aromatic rings. The third-order valence-corrected chi connectivity index (χ3v) is 5.26. The molecule has 0 bridgehead atoms. The summed E-state index contributed by atoms with van der Waals surface area (Å²) >= 11 is 0. The monoisotopic (exact) mass is 342 g/mol. The Balaban J connectivity index is 1.70. The number of esters is 1. The van der Waals surface area contributed by atoms with Gasteiger partial charge in [0.1, 0.15) is 17.0 Å². The van der Waals surface area contributed by atoms with E-state index in [1.54, 1.807) is 10.9 Å². The van der Waals surface area contributed by atoms with Gasteiger partial charge in [-0.25, -0.2) is 9.78 Å². The molecule has 0 aromatic carbocycles. The van der Waals surface area contributed by atoms with Crippen LogP contribution >= 0.6 is 0 Å². The summed E-state index contributed by atoms with van der Waals surface area (Å²) in [6.07, 6.45) is 5.55. The topological polar surface area (TPSA) is 80.5 Å². The molecule has 2 aliphatic heterocycles. The van der Waals surface area contributed by atoms with Crippen LogP contribution in [0.3, 0.4) is 0 Å². The Morgan fingerprint density at radius 2 is 2.20 bits per heavy atom. The van der Waals surface area contributed by atoms with Crippen LogP contribution in [0.2, 0.25) is 0 Å². The maximum Gasteiger partial charge on any atom is 0.343 e. The van der Waals surface area contributed by atoms with E-state index in [-0.39, 0.29) is 24.4 Å². The van der Waals surface area contributed by atoms with Crippen LogP contribution in [-0.2, 0) is 17.4 Å². The molecule has 25 heavy (non-hydrogen) atoms. The molecule has 1 fully saturated rings. The van der Waals surface area contributed by atoms with Gasteiger partial charge in [-0.3, -0.25) is 4.68 Å². The van der Waals surface area contributed by atoms with Crippen LogP contribution in [0.5, 0.6) is 0 Å². The molecule has 0 saturated carbocycles. The predicted molar refractivity (Wildman–Crippen MR) is 91.4 cm³/mol. The molecule has 2 atom stereocenters. The zero-order chi connectivity index (χ0) is 17.8. The van der Waals surface area contributed by atoms with Gasteiger partial charge < -0.3 is 14.7 Å². The Morgan fingerprint density at radius 1 is 1.40 bits per heavy atom.